The van der Waals surface area contributed by atoms with Crippen molar-refractivity contribution in [1.29, 1.82) is 0 Å². The van der Waals surface area contributed by atoms with Gasteiger partial charge in [0.1, 0.15) is 12.4 Å². The second-order valence-electron chi connectivity index (χ2n) is 8.00. The summed E-state index contributed by atoms with van der Waals surface area (Å²) in [5, 5.41) is 7.57. The maximum absolute atomic E-state index is 13.2. The smallest absolute Gasteiger partial charge is 0.259 e. The molecule has 0 saturated carbocycles. The monoisotopic (exact) mass is 469 g/mol. The van der Waals surface area contributed by atoms with Crippen molar-refractivity contribution in [3.05, 3.63) is 101 Å². The lowest BCUT2D eigenvalue weighted by Gasteiger charge is -2.16. The fourth-order valence-corrected chi connectivity index (χ4v) is 3.89. The summed E-state index contributed by atoms with van der Waals surface area (Å²) in [6.45, 7) is 1.61. The van der Waals surface area contributed by atoms with Crippen LogP contribution in [0.25, 0.3) is 33.7 Å². The maximum Gasteiger partial charge on any atom is 0.259 e. The molecule has 0 spiro atoms. The van der Waals surface area contributed by atoms with Crippen LogP contribution < -0.4 is 10.9 Å². The van der Waals surface area contributed by atoms with E-state index in [1.54, 1.807) is 55.7 Å². The summed E-state index contributed by atoms with van der Waals surface area (Å²) in [6.07, 6.45) is 3.26. The molecule has 174 valence electrons. The molecular weight excluding hydrogens is 449 g/mol. The van der Waals surface area contributed by atoms with Crippen molar-refractivity contribution >= 4 is 16.8 Å². The fraction of sp³-hybridized carbons (Fsp3) is 0.115. The Morgan fingerprint density at radius 2 is 1.83 bits per heavy atom. The molecule has 5 aromatic rings. The molecule has 1 atom stereocenters. The third-order valence-electron chi connectivity index (χ3n) is 5.66. The van der Waals surface area contributed by atoms with Gasteiger partial charge in [0.25, 0.3) is 11.4 Å². The number of carbonyl (C=O) groups is 1. The first kappa shape index (κ1) is 22.1. The molecule has 2 aromatic carbocycles. The second-order valence-corrected chi connectivity index (χ2v) is 8.00. The zero-order chi connectivity index (χ0) is 24.4. The zero-order valence-corrected chi connectivity index (χ0v) is 18.7. The molecule has 0 aliphatic heterocycles. The Bertz CT molecular complexity index is 1560. The van der Waals surface area contributed by atoms with Gasteiger partial charge >= 0.3 is 0 Å². The van der Waals surface area contributed by atoms with Gasteiger partial charge in [0.2, 0.25) is 11.7 Å². The number of aromatic nitrogens is 4. The minimum Gasteiger partial charge on any atom is -0.348 e. The molecule has 1 amide bonds. The van der Waals surface area contributed by atoms with Gasteiger partial charge in [0.05, 0.1) is 17.1 Å². The zero-order valence-electron chi connectivity index (χ0n) is 18.7. The Labute approximate surface area is 199 Å². The molecule has 5 rings (SSSR count). The summed E-state index contributed by atoms with van der Waals surface area (Å²) in [4.78, 5) is 34.3. The van der Waals surface area contributed by atoms with E-state index in [-0.39, 0.29) is 35.8 Å². The molecule has 0 bridgehead atoms. The van der Waals surface area contributed by atoms with E-state index in [0.29, 0.717) is 22.3 Å². The molecule has 35 heavy (non-hydrogen) atoms. The highest BCUT2D eigenvalue weighted by molar-refractivity contribution is 5.93. The van der Waals surface area contributed by atoms with Crippen LogP contribution in [0.5, 0.6) is 0 Å². The van der Waals surface area contributed by atoms with Crippen molar-refractivity contribution in [2.75, 3.05) is 0 Å². The first-order chi connectivity index (χ1) is 17.0. The summed E-state index contributed by atoms with van der Waals surface area (Å²) < 4.78 is 20.1. The van der Waals surface area contributed by atoms with Crippen LogP contribution in [0.1, 0.15) is 18.5 Å². The standard InChI is InChI=1S/C26H20FN5O3/c1-16(17-6-8-19(27)9-7-17)29-23(33)15-32-22-5-3-2-4-20(22)21(14-24(32)34)26-30-25(31-35-26)18-10-12-28-13-11-18/h2-14,16H,15H2,1H3,(H,29,33)/t16-/m0/s1. The van der Waals surface area contributed by atoms with Crippen molar-refractivity contribution in [1.82, 2.24) is 25.0 Å². The average molecular weight is 469 g/mol. The molecule has 3 heterocycles. The minimum atomic E-state index is -0.382. The number of halogens is 1. The highest BCUT2D eigenvalue weighted by Crippen LogP contribution is 2.28. The van der Waals surface area contributed by atoms with Gasteiger partial charge in [0.15, 0.2) is 0 Å². The highest BCUT2D eigenvalue weighted by atomic mass is 19.1. The Kier molecular flexibility index (Phi) is 5.88. The van der Waals surface area contributed by atoms with Gasteiger partial charge in [-0.25, -0.2) is 4.39 Å². The number of nitrogens with one attached hydrogen (secondary N) is 1. The van der Waals surface area contributed by atoms with Crippen LogP contribution in [0.4, 0.5) is 4.39 Å². The maximum atomic E-state index is 13.2. The number of hydrogen-bond acceptors (Lipinski definition) is 6. The van der Waals surface area contributed by atoms with Gasteiger partial charge in [-0.05, 0) is 42.8 Å². The summed E-state index contributed by atoms with van der Waals surface area (Å²) in [5.74, 6) is -0.115. The molecule has 9 heteroatoms. The third kappa shape index (κ3) is 4.56. The number of para-hydroxylation sites is 1. The normalized spacial score (nSPS) is 11.9. The Morgan fingerprint density at radius 3 is 2.60 bits per heavy atom. The number of rotatable bonds is 6. The largest absolute Gasteiger partial charge is 0.348 e. The summed E-state index contributed by atoms with van der Waals surface area (Å²) in [6, 6.07) is 17.7. The topological polar surface area (TPSA) is 103 Å². The van der Waals surface area contributed by atoms with Crippen molar-refractivity contribution < 1.29 is 13.7 Å². The molecule has 0 aliphatic rings. The number of hydrogen-bond donors (Lipinski definition) is 1. The van der Waals surface area contributed by atoms with E-state index in [1.165, 1.54) is 22.8 Å². The van der Waals surface area contributed by atoms with E-state index in [2.05, 4.69) is 20.4 Å². The van der Waals surface area contributed by atoms with Gasteiger partial charge in [-0.2, -0.15) is 4.98 Å². The molecule has 0 unspecified atom stereocenters. The van der Waals surface area contributed by atoms with Gasteiger partial charge in [-0.3, -0.25) is 19.1 Å². The van der Waals surface area contributed by atoms with E-state index in [4.69, 9.17) is 4.52 Å². The lowest BCUT2D eigenvalue weighted by Crippen LogP contribution is -2.34. The summed E-state index contributed by atoms with van der Waals surface area (Å²) in [5.41, 5.74) is 2.15. The number of fused-ring (bicyclic) bond motifs is 1. The van der Waals surface area contributed by atoms with Crippen LogP contribution in [0.15, 0.2) is 88.4 Å². The molecule has 3 aromatic heterocycles. The lowest BCUT2D eigenvalue weighted by atomic mass is 10.1. The van der Waals surface area contributed by atoms with Crippen LogP contribution >= 0.6 is 0 Å². The van der Waals surface area contributed by atoms with Crippen LogP contribution in [-0.4, -0.2) is 25.6 Å². The van der Waals surface area contributed by atoms with Crippen molar-refractivity contribution in [3.8, 4) is 22.8 Å². The Hall–Kier alpha value is -4.66. The second kappa shape index (κ2) is 9.30. The minimum absolute atomic E-state index is 0.183. The van der Waals surface area contributed by atoms with E-state index in [0.717, 1.165) is 11.1 Å². The van der Waals surface area contributed by atoms with Crippen molar-refractivity contribution in [3.63, 3.8) is 0 Å². The molecular formula is C26H20FN5O3. The Morgan fingerprint density at radius 1 is 1.09 bits per heavy atom. The Balaban J connectivity index is 1.45. The van der Waals surface area contributed by atoms with Crippen LogP contribution in [0, 0.1) is 5.82 Å². The van der Waals surface area contributed by atoms with Crippen molar-refractivity contribution in [2.45, 2.75) is 19.5 Å². The molecule has 1 N–H and O–H groups in total. The third-order valence-corrected chi connectivity index (χ3v) is 5.66. The molecule has 0 saturated heterocycles. The number of nitrogens with zero attached hydrogens (tertiary/aromatic N) is 4. The quantitative estimate of drug-likeness (QED) is 0.401. The van der Waals surface area contributed by atoms with E-state index < -0.39 is 0 Å². The van der Waals surface area contributed by atoms with Crippen molar-refractivity contribution in [2.24, 2.45) is 0 Å². The first-order valence-corrected chi connectivity index (χ1v) is 10.9. The van der Waals surface area contributed by atoms with Gasteiger partial charge in [-0.1, -0.05) is 35.5 Å². The van der Waals surface area contributed by atoms with E-state index in [1.807, 2.05) is 12.1 Å². The first-order valence-electron chi connectivity index (χ1n) is 10.9. The van der Waals surface area contributed by atoms with Crippen LogP contribution in [-0.2, 0) is 11.3 Å². The molecule has 0 fully saturated rings. The lowest BCUT2D eigenvalue weighted by molar-refractivity contribution is -0.122. The van der Waals surface area contributed by atoms with Gasteiger partial charge in [0, 0.05) is 29.4 Å². The summed E-state index contributed by atoms with van der Waals surface area (Å²) in [7, 11) is 0. The number of pyridine rings is 2. The van der Waals surface area contributed by atoms with Crippen LogP contribution in [0.3, 0.4) is 0 Å². The predicted octanol–water partition coefficient (Wildman–Crippen LogP) is 4.13. The van der Waals surface area contributed by atoms with Gasteiger partial charge < -0.3 is 9.84 Å². The van der Waals surface area contributed by atoms with E-state index >= 15 is 0 Å². The highest BCUT2D eigenvalue weighted by Gasteiger charge is 2.18. The number of carbonyl (C=O) groups excluding carboxylic acids is 1. The molecule has 0 radical (unpaired) electrons. The number of amides is 1. The number of benzene rings is 2. The molecule has 0 aliphatic carbocycles. The van der Waals surface area contributed by atoms with Crippen LogP contribution in [0.2, 0.25) is 0 Å². The molecule has 8 nitrogen and oxygen atoms in total. The predicted molar refractivity (Wildman–Crippen MR) is 128 cm³/mol. The average Bonchev–Trinajstić information content (AvgIpc) is 3.37. The fourth-order valence-electron chi connectivity index (χ4n) is 3.89. The SMILES string of the molecule is C[C@H](NC(=O)Cn1c(=O)cc(-c2nc(-c3ccncc3)no2)c2ccccc21)c1ccc(F)cc1. The van der Waals surface area contributed by atoms with Gasteiger partial charge in [-0.15, -0.1) is 0 Å². The summed E-state index contributed by atoms with van der Waals surface area (Å²) >= 11 is 0. The van der Waals surface area contributed by atoms with E-state index in [9.17, 15) is 14.0 Å².